The molecule has 0 radical (unpaired) electrons. The van der Waals surface area contributed by atoms with Crippen molar-refractivity contribution in [3.63, 3.8) is 0 Å². The first kappa shape index (κ1) is 70.6. The molecule has 1 saturated heterocycles. The Hall–Kier alpha value is -8.74. The number of nitrogens with one attached hydrogen (secondary N) is 5. The summed E-state index contributed by atoms with van der Waals surface area (Å²) in [5.41, 5.74) is 30.2. The van der Waals surface area contributed by atoms with Gasteiger partial charge in [0.25, 0.3) is 0 Å². The Kier molecular flexibility index (Phi) is 24.9. The highest BCUT2D eigenvalue weighted by atomic mass is 35.5. The zero-order chi connectivity index (χ0) is 67.7. The van der Waals surface area contributed by atoms with E-state index in [0.717, 1.165) is 126 Å². The van der Waals surface area contributed by atoms with Crippen molar-refractivity contribution in [2.24, 2.45) is 0 Å². The highest BCUT2D eigenvalue weighted by Crippen LogP contribution is 2.36. The number of nitrogens with two attached hydrogens (primary N) is 4. The number of unbranched alkanes of at least 4 members (excludes halogenated alkanes) is 4. The van der Waals surface area contributed by atoms with E-state index in [9.17, 15) is 9.59 Å². The maximum absolute atomic E-state index is 12.7. The van der Waals surface area contributed by atoms with Gasteiger partial charge in [0.05, 0.1) is 60.2 Å². The van der Waals surface area contributed by atoms with Crippen LogP contribution in [0.15, 0.2) is 49.4 Å². The molecular formula is C61H78Cl5N27O2. The third-order valence-electron chi connectivity index (χ3n) is 15.3. The second-order valence-electron chi connectivity index (χ2n) is 22.6. The molecule has 12 rings (SSSR count). The minimum Gasteiger partial charge on any atom is -0.383 e. The number of hydrogen-bond acceptors (Lipinski definition) is 25. The molecular weight excluding hydrogens is 1320 g/mol. The Balaban J connectivity index is 0.000000153. The predicted octanol–water partition coefficient (Wildman–Crippen LogP) is 9.74. The second-order valence-corrected chi connectivity index (χ2v) is 24.5. The molecule has 0 aliphatic carbocycles. The summed E-state index contributed by atoms with van der Waals surface area (Å²) in [7, 11) is 2.11. The molecule has 0 atom stereocenters. The summed E-state index contributed by atoms with van der Waals surface area (Å²) in [4.78, 5) is 91.4. The average molecular weight is 1400 g/mol. The van der Waals surface area contributed by atoms with Crippen LogP contribution in [0.5, 0.6) is 0 Å². The van der Waals surface area contributed by atoms with Gasteiger partial charge in [-0.05, 0) is 67.6 Å². The summed E-state index contributed by atoms with van der Waals surface area (Å²) >= 11 is 30.3. The van der Waals surface area contributed by atoms with Crippen LogP contribution >= 0.6 is 58.0 Å². The van der Waals surface area contributed by atoms with Gasteiger partial charge in [0, 0.05) is 82.1 Å². The van der Waals surface area contributed by atoms with Crippen LogP contribution in [0.2, 0.25) is 25.4 Å². The van der Waals surface area contributed by atoms with E-state index in [4.69, 9.17) is 80.9 Å². The number of anilines is 11. The lowest BCUT2D eigenvalue weighted by molar-refractivity contribution is -0.118. The predicted molar refractivity (Wildman–Crippen MR) is 379 cm³/mol. The number of fused-ring (bicyclic) bond motifs is 4. The Morgan fingerprint density at radius 3 is 1.42 bits per heavy atom. The van der Waals surface area contributed by atoms with Crippen molar-refractivity contribution in [2.75, 3.05) is 118 Å². The Labute approximate surface area is 574 Å². The van der Waals surface area contributed by atoms with E-state index < -0.39 is 0 Å². The molecule has 0 aromatic carbocycles. The quantitative estimate of drug-likeness (QED) is 0.0212. The van der Waals surface area contributed by atoms with Gasteiger partial charge < -0.3 is 63.6 Å². The Morgan fingerprint density at radius 1 is 0.495 bits per heavy atom. The fraction of sp³-hybridized carbons (Fsp3) is 0.426. The van der Waals surface area contributed by atoms with E-state index in [-0.39, 0.29) is 35.0 Å². The van der Waals surface area contributed by atoms with Gasteiger partial charge in [-0.15, -0.1) is 0 Å². The molecule has 2 amide bonds. The Bertz CT molecular complexity index is 4110. The van der Waals surface area contributed by atoms with Crippen molar-refractivity contribution in [3.8, 4) is 0 Å². The first-order valence-corrected chi connectivity index (χ1v) is 33.2. The number of rotatable bonds is 23. The lowest BCUT2D eigenvalue weighted by Crippen LogP contribution is -2.45. The number of carbonyl (C=O) groups is 2. The van der Waals surface area contributed by atoms with E-state index in [1.54, 1.807) is 53.2 Å². The van der Waals surface area contributed by atoms with Gasteiger partial charge in [0.15, 0.2) is 22.9 Å². The largest absolute Gasteiger partial charge is 0.383 e. The van der Waals surface area contributed by atoms with Crippen LogP contribution in [-0.2, 0) is 42.1 Å². The number of imidazole rings is 2. The van der Waals surface area contributed by atoms with Gasteiger partial charge in [-0.25, -0.2) is 24.9 Å². The summed E-state index contributed by atoms with van der Waals surface area (Å²) in [5.74, 6) is 5.12. The topological polar surface area (TPSA) is 388 Å². The molecule has 9 aromatic heterocycles. The van der Waals surface area contributed by atoms with E-state index in [0.29, 0.717) is 127 Å². The van der Waals surface area contributed by atoms with Crippen LogP contribution in [0.1, 0.15) is 107 Å². The van der Waals surface area contributed by atoms with Crippen molar-refractivity contribution in [1.29, 1.82) is 0 Å². The lowest BCUT2D eigenvalue weighted by atomic mass is 10.2. The fourth-order valence-electron chi connectivity index (χ4n) is 10.0. The third kappa shape index (κ3) is 18.4. The number of halogens is 5. The summed E-state index contributed by atoms with van der Waals surface area (Å²) in [6.45, 7) is 16.5. The van der Waals surface area contributed by atoms with E-state index >= 15 is 0 Å². The van der Waals surface area contributed by atoms with E-state index in [1.807, 2.05) is 10.6 Å². The number of nitrogen functional groups attached to an aromatic ring is 4. The van der Waals surface area contributed by atoms with Crippen LogP contribution in [0, 0.1) is 0 Å². The highest BCUT2D eigenvalue weighted by Gasteiger charge is 2.34. The number of carbonyl (C=O) groups excluding carboxylic acids is 2. The van der Waals surface area contributed by atoms with E-state index in [2.05, 4.69) is 136 Å². The van der Waals surface area contributed by atoms with Gasteiger partial charge in [-0.1, -0.05) is 111 Å². The monoisotopic (exact) mass is 1400 g/mol. The van der Waals surface area contributed by atoms with Crippen molar-refractivity contribution in [3.05, 3.63) is 103 Å². The number of amides is 2. The number of hydrogen-bond donors (Lipinski definition) is 9. The number of pyridine rings is 3. The molecule has 0 unspecified atom stereocenters. The lowest BCUT2D eigenvalue weighted by Gasteiger charge is -2.33. The molecule has 0 spiro atoms. The molecule has 9 aromatic rings. The van der Waals surface area contributed by atoms with Gasteiger partial charge >= 0.3 is 0 Å². The second kappa shape index (κ2) is 33.6. The zero-order valence-corrected chi connectivity index (χ0v) is 57.3. The molecule has 29 nitrogen and oxygen atoms in total. The van der Waals surface area contributed by atoms with Crippen molar-refractivity contribution in [1.82, 2.24) is 79.2 Å². The fourth-order valence-corrected chi connectivity index (χ4v) is 10.9. The van der Waals surface area contributed by atoms with Crippen LogP contribution in [0.4, 0.5) is 64.5 Å². The molecule has 3 aliphatic heterocycles. The van der Waals surface area contributed by atoms with Gasteiger partial charge in [-0.2, -0.15) is 39.9 Å². The first-order chi connectivity index (χ1) is 45.8. The van der Waals surface area contributed by atoms with Crippen LogP contribution in [0.3, 0.4) is 0 Å². The number of aromatic amines is 1. The third-order valence-corrected chi connectivity index (χ3v) is 16.9. The number of nitrogens with zero attached hydrogens (tertiary/aromatic N) is 18. The normalized spacial score (nSPS) is 13.4. The molecule has 0 saturated carbocycles. The number of aromatic nitrogens is 15. The van der Waals surface area contributed by atoms with Crippen LogP contribution < -0.4 is 58.9 Å². The maximum atomic E-state index is 12.7. The Morgan fingerprint density at radius 2 is 0.937 bits per heavy atom. The number of likely N-dealkylation sites (N-methyl/N-ethyl adjacent to an activating group) is 1. The summed E-state index contributed by atoms with van der Waals surface area (Å²) in [5, 5.41) is 14.5. The number of H-pyrrole nitrogens is 1. The van der Waals surface area contributed by atoms with Gasteiger partial charge in [-0.3, -0.25) is 19.4 Å². The minimum absolute atomic E-state index is 0.0547. The summed E-state index contributed by atoms with van der Waals surface area (Å²) in [6, 6.07) is 5.35. The summed E-state index contributed by atoms with van der Waals surface area (Å²) < 4.78 is 1.87. The number of piperazine rings is 1. The molecule has 504 valence electrons. The van der Waals surface area contributed by atoms with Crippen LogP contribution in [-0.4, -0.2) is 150 Å². The van der Waals surface area contributed by atoms with Crippen molar-refractivity contribution in [2.45, 2.75) is 112 Å². The summed E-state index contributed by atoms with van der Waals surface area (Å²) in [6.07, 6.45) is 17.1. The SMILES string of the molecule is CCCCNc1nc(N)c2[nH]cnc2n1.CCCCNc1nc(N)c2c(n1)N(Cc1cnc(Cl)c(Cl)c1)C(=O)C2.CCCCNc1nc(N)c2c(n1)N(Cc1cnc(N3CCN(C)CC3)c(Cl)c1)C(=O)C2.CCCCNc1nc(N)c2ncn(Cc3cnc(Cl)c(Cl)c3)c2n1. The molecule has 3 aliphatic rings. The standard InChI is InChI=1S/C21H29ClN8O.C16H18Cl2N6O.C15H17Cl2N7.C9H14N6/c1-3-4-5-24-21-26-18(23)15-11-17(31)30(19(15)27-21)13-14-10-16(22)20(25-12-14)29-8-6-28(2)7-9-29;1-2-3-4-20-16-22-14(19)10-6-12(25)24(15(10)23-16)8-9-5-11(17)13(18)21-7-9;1-2-3-4-19-15-22-13(18)11-14(23-15)24(8-21-11)7-9-5-10(16)12(17)20-6-9;1-2-3-4-11-9-14-7(10)6-8(15-9)13-5-12-6/h10,12H,3-9,11,13H2,1-2H3,(H3,23,24,26,27);5,7H,2-4,6,8H2,1H3,(H3,19,20,22,23);5-6,8H,2-4,7H2,1H3,(H3,18,19,22,23);5H,2-4H2,1H3,(H4,10,11,12,13,14,15). The highest BCUT2D eigenvalue weighted by molar-refractivity contribution is 6.41. The molecule has 1 fully saturated rings. The van der Waals surface area contributed by atoms with Gasteiger partial charge in [0.1, 0.15) is 50.4 Å². The first-order valence-electron chi connectivity index (χ1n) is 31.4. The molecule has 13 N–H and O–H groups in total. The zero-order valence-electron chi connectivity index (χ0n) is 53.5. The van der Waals surface area contributed by atoms with Crippen molar-refractivity contribution >= 4 is 157 Å². The smallest absolute Gasteiger partial charge is 0.233 e. The van der Waals surface area contributed by atoms with E-state index in [1.165, 1.54) is 0 Å². The maximum Gasteiger partial charge on any atom is 0.233 e. The average Bonchev–Trinajstić information content (AvgIpc) is 1.65. The molecule has 34 heteroatoms. The minimum atomic E-state index is -0.0900. The van der Waals surface area contributed by atoms with Gasteiger partial charge in [0.2, 0.25) is 35.6 Å². The molecule has 12 heterocycles. The van der Waals surface area contributed by atoms with Crippen LogP contribution in [0.25, 0.3) is 22.3 Å². The molecule has 95 heavy (non-hydrogen) atoms. The molecule has 0 bridgehead atoms. The van der Waals surface area contributed by atoms with Crippen molar-refractivity contribution < 1.29 is 9.59 Å².